The maximum Gasteiger partial charge on any atom is 0.326 e. The molecule has 0 bridgehead atoms. The van der Waals surface area contributed by atoms with Crippen molar-refractivity contribution in [2.24, 2.45) is 11.3 Å². The van der Waals surface area contributed by atoms with Gasteiger partial charge in [-0.15, -0.1) is 0 Å². The molecule has 184 valence electrons. The van der Waals surface area contributed by atoms with E-state index in [0.29, 0.717) is 18.5 Å². The van der Waals surface area contributed by atoms with Crippen molar-refractivity contribution in [1.82, 2.24) is 15.5 Å². The van der Waals surface area contributed by atoms with Gasteiger partial charge in [0, 0.05) is 5.69 Å². The standard InChI is InChI=1S/C23H29FN4O6/c1-14-8-22(2,3)13-23(9-14)20(32)28(21(33)27-23)11-19(31)34-12-18(30)25-10-17(29)26-16-6-4-15(24)5-7-16/h4-7,14H,8-13H2,1-3H3,(H,25,30)(H,26,29)(H,27,33). The normalized spacial score (nSPS) is 23.4. The third-order valence-corrected chi connectivity index (χ3v) is 5.85. The molecule has 1 aliphatic carbocycles. The van der Waals surface area contributed by atoms with Crippen molar-refractivity contribution in [3.8, 4) is 0 Å². The molecule has 1 aromatic rings. The second kappa shape index (κ2) is 9.78. The van der Waals surface area contributed by atoms with E-state index >= 15 is 0 Å². The Hall–Kier alpha value is -3.50. The van der Waals surface area contributed by atoms with Crippen molar-refractivity contribution in [2.45, 2.75) is 45.6 Å². The number of imide groups is 1. The van der Waals surface area contributed by atoms with Crippen molar-refractivity contribution >= 4 is 35.4 Å². The molecule has 2 unspecified atom stereocenters. The van der Waals surface area contributed by atoms with Crippen LogP contribution in [0.5, 0.6) is 0 Å². The minimum absolute atomic E-state index is 0.141. The van der Waals surface area contributed by atoms with Crippen LogP contribution in [0.1, 0.15) is 40.0 Å². The molecule has 10 nitrogen and oxygen atoms in total. The first kappa shape index (κ1) is 25.1. The lowest BCUT2D eigenvalue weighted by Crippen LogP contribution is -2.54. The largest absolute Gasteiger partial charge is 0.454 e. The Morgan fingerprint density at radius 3 is 2.47 bits per heavy atom. The van der Waals surface area contributed by atoms with Crippen LogP contribution in [0.3, 0.4) is 0 Å². The van der Waals surface area contributed by atoms with Crippen LogP contribution in [0.15, 0.2) is 24.3 Å². The fraction of sp³-hybridized carbons (Fsp3) is 0.522. The summed E-state index contributed by atoms with van der Waals surface area (Å²) in [5.74, 6) is -2.90. The third-order valence-electron chi connectivity index (χ3n) is 5.85. The van der Waals surface area contributed by atoms with E-state index in [-0.39, 0.29) is 11.3 Å². The average molecular weight is 477 g/mol. The number of rotatable bonds is 7. The Bertz CT molecular complexity index is 996. The molecule has 11 heteroatoms. The monoisotopic (exact) mass is 476 g/mol. The van der Waals surface area contributed by atoms with E-state index in [1.165, 1.54) is 24.3 Å². The number of nitrogens with one attached hydrogen (secondary N) is 3. The van der Waals surface area contributed by atoms with Crippen LogP contribution in [0.2, 0.25) is 0 Å². The predicted molar refractivity (Wildman–Crippen MR) is 119 cm³/mol. The minimum Gasteiger partial charge on any atom is -0.454 e. The van der Waals surface area contributed by atoms with Gasteiger partial charge < -0.3 is 20.7 Å². The summed E-state index contributed by atoms with van der Waals surface area (Å²) >= 11 is 0. The summed E-state index contributed by atoms with van der Waals surface area (Å²) in [4.78, 5) is 62.2. The van der Waals surface area contributed by atoms with Gasteiger partial charge in [-0.2, -0.15) is 0 Å². The summed E-state index contributed by atoms with van der Waals surface area (Å²) in [6, 6.07) is 4.43. The lowest BCUT2D eigenvalue weighted by molar-refractivity contribution is -0.151. The van der Waals surface area contributed by atoms with Crippen molar-refractivity contribution in [2.75, 3.05) is 25.0 Å². The second-order valence-corrected chi connectivity index (χ2v) is 9.75. The van der Waals surface area contributed by atoms with Gasteiger partial charge in [-0.3, -0.25) is 24.1 Å². The summed E-state index contributed by atoms with van der Waals surface area (Å²) in [5.41, 5.74) is -0.819. The van der Waals surface area contributed by atoms with E-state index in [1.54, 1.807) is 0 Å². The number of benzene rings is 1. The maximum absolute atomic E-state index is 13.0. The third kappa shape index (κ3) is 6.09. The Morgan fingerprint density at radius 2 is 1.82 bits per heavy atom. The number of carbonyl (C=O) groups excluding carboxylic acids is 5. The second-order valence-electron chi connectivity index (χ2n) is 9.75. The summed E-state index contributed by atoms with van der Waals surface area (Å²) in [6.45, 7) is 4.43. The predicted octanol–water partition coefficient (Wildman–Crippen LogP) is 1.56. The summed E-state index contributed by atoms with van der Waals surface area (Å²) in [6.07, 6.45) is 1.90. The number of halogens is 1. The summed E-state index contributed by atoms with van der Waals surface area (Å²) in [5, 5.41) is 7.51. The molecule has 1 spiro atoms. The summed E-state index contributed by atoms with van der Waals surface area (Å²) in [7, 11) is 0. The molecule has 2 aliphatic rings. The Morgan fingerprint density at radius 1 is 1.15 bits per heavy atom. The molecule has 1 aliphatic heterocycles. The zero-order chi connectivity index (χ0) is 25.1. The van der Waals surface area contributed by atoms with Crippen LogP contribution >= 0.6 is 0 Å². The number of urea groups is 1. The number of anilines is 1. The SMILES string of the molecule is CC1CC(C)(C)CC2(C1)NC(=O)N(CC(=O)OCC(=O)NCC(=O)Nc1ccc(F)cc1)C2=O. The van der Waals surface area contributed by atoms with Crippen LogP contribution in [-0.4, -0.2) is 59.9 Å². The highest BCUT2D eigenvalue weighted by Gasteiger charge is 2.56. The van der Waals surface area contributed by atoms with Crippen molar-refractivity contribution in [3.63, 3.8) is 0 Å². The van der Waals surface area contributed by atoms with Crippen molar-refractivity contribution < 1.29 is 33.1 Å². The van der Waals surface area contributed by atoms with Crippen LogP contribution in [-0.2, 0) is 23.9 Å². The van der Waals surface area contributed by atoms with Crippen LogP contribution in [0.4, 0.5) is 14.9 Å². The fourth-order valence-electron chi connectivity index (χ4n) is 4.94. The number of nitrogens with zero attached hydrogens (tertiary/aromatic N) is 1. The molecule has 1 aromatic carbocycles. The first-order valence-electron chi connectivity index (χ1n) is 11.0. The molecule has 0 aromatic heterocycles. The number of ether oxygens (including phenoxy) is 1. The molecule has 1 heterocycles. The van der Waals surface area contributed by atoms with E-state index in [4.69, 9.17) is 4.74 Å². The highest BCUT2D eigenvalue weighted by atomic mass is 19.1. The van der Waals surface area contributed by atoms with E-state index in [2.05, 4.69) is 16.0 Å². The fourth-order valence-corrected chi connectivity index (χ4v) is 4.94. The molecule has 1 saturated heterocycles. The number of hydrogen-bond acceptors (Lipinski definition) is 6. The number of carbonyl (C=O) groups is 5. The van der Waals surface area contributed by atoms with Gasteiger partial charge in [-0.25, -0.2) is 9.18 Å². The molecule has 3 N–H and O–H groups in total. The zero-order valence-corrected chi connectivity index (χ0v) is 19.4. The minimum atomic E-state index is -1.03. The van der Waals surface area contributed by atoms with Gasteiger partial charge in [-0.1, -0.05) is 20.8 Å². The molecule has 2 fully saturated rings. The molecule has 0 radical (unpaired) electrons. The highest BCUT2D eigenvalue weighted by Crippen LogP contribution is 2.46. The van der Waals surface area contributed by atoms with E-state index in [0.717, 1.165) is 11.3 Å². The van der Waals surface area contributed by atoms with Gasteiger partial charge in [0.25, 0.3) is 11.8 Å². The lowest BCUT2D eigenvalue weighted by Gasteiger charge is -2.43. The van der Waals surface area contributed by atoms with Gasteiger partial charge >= 0.3 is 12.0 Å². The highest BCUT2D eigenvalue weighted by molar-refractivity contribution is 6.09. The van der Waals surface area contributed by atoms with Gasteiger partial charge in [0.1, 0.15) is 17.9 Å². The first-order chi connectivity index (χ1) is 15.9. The van der Waals surface area contributed by atoms with Gasteiger partial charge in [0.2, 0.25) is 5.91 Å². The Labute approximate surface area is 196 Å². The molecular weight excluding hydrogens is 447 g/mol. The van der Waals surface area contributed by atoms with Crippen LogP contribution in [0, 0.1) is 17.2 Å². The van der Waals surface area contributed by atoms with Gasteiger partial charge in [0.15, 0.2) is 6.61 Å². The molecule has 34 heavy (non-hydrogen) atoms. The Balaban J connectivity index is 1.44. The number of esters is 1. The number of hydrogen-bond donors (Lipinski definition) is 3. The van der Waals surface area contributed by atoms with Crippen molar-refractivity contribution in [1.29, 1.82) is 0 Å². The molecule has 2 atom stereocenters. The molecule has 3 rings (SSSR count). The molecule has 1 saturated carbocycles. The topological polar surface area (TPSA) is 134 Å². The van der Waals surface area contributed by atoms with E-state index < -0.39 is 60.8 Å². The first-order valence-corrected chi connectivity index (χ1v) is 11.0. The van der Waals surface area contributed by atoms with Crippen LogP contribution < -0.4 is 16.0 Å². The number of amides is 5. The van der Waals surface area contributed by atoms with Crippen LogP contribution in [0.25, 0.3) is 0 Å². The molecule has 5 amide bonds. The Kier molecular flexibility index (Phi) is 7.23. The maximum atomic E-state index is 13.0. The van der Waals surface area contributed by atoms with Gasteiger partial charge in [-0.05, 0) is 54.9 Å². The lowest BCUT2D eigenvalue weighted by atomic mass is 9.64. The molecular formula is C23H29FN4O6. The smallest absolute Gasteiger partial charge is 0.326 e. The summed E-state index contributed by atoms with van der Waals surface area (Å²) < 4.78 is 17.7. The average Bonchev–Trinajstić information content (AvgIpc) is 2.94. The van der Waals surface area contributed by atoms with E-state index in [1.807, 2.05) is 20.8 Å². The zero-order valence-electron chi connectivity index (χ0n) is 19.4. The van der Waals surface area contributed by atoms with Crippen molar-refractivity contribution in [3.05, 3.63) is 30.1 Å². The van der Waals surface area contributed by atoms with Gasteiger partial charge in [0.05, 0.1) is 6.54 Å². The quantitative estimate of drug-likeness (QED) is 0.404. The van der Waals surface area contributed by atoms with E-state index in [9.17, 15) is 28.4 Å².